The topological polar surface area (TPSA) is 103 Å². The first-order chi connectivity index (χ1) is 17.9. The number of aromatic nitrogens is 4. The van der Waals surface area contributed by atoms with Gasteiger partial charge in [0.1, 0.15) is 5.82 Å². The monoisotopic (exact) mass is 487 g/mol. The van der Waals surface area contributed by atoms with Gasteiger partial charge in [0, 0.05) is 29.5 Å². The lowest BCUT2D eigenvalue weighted by Crippen LogP contribution is -2.26. The van der Waals surface area contributed by atoms with Crippen LogP contribution in [0.4, 0.5) is 17.5 Å². The molecule has 0 amide bonds. The maximum Gasteiger partial charge on any atom is 0.263 e. The van der Waals surface area contributed by atoms with Crippen LogP contribution in [0.15, 0.2) is 77.9 Å². The Morgan fingerprint density at radius 1 is 1.05 bits per heavy atom. The molecule has 0 radical (unpaired) electrons. The molecule has 0 saturated carbocycles. The highest BCUT2D eigenvalue weighted by atomic mass is 16.1. The first-order valence-electron chi connectivity index (χ1n) is 11.8. The molecule has 3 N–H and O–H groups in total. The number of nitrogens with zero attached hydrogens (tertiary/aromatic N) is 5. The fourth-order valence-corrected chi connectivity index (χ4v) is 4.54. The highest BCUT2D eigenvalue weighted by Gasteiger charge is 2.20. The minimum absolute atomic E-state index is 0.0639. The first-order valence-corrected chi connectivity index (χ1v) is 11.8. The quantitative estimate of drug-likeness (QED) is 0.305. The number of nitrogens with two attached hydrogens (primary N) is 1. The number of anilines is 2. The van der Waals surface area contributed by atoms with Gasteiger partial charge in [-0.05, 0) is 73.2 Å². The average molecular weight is 488 g/mol. The Hall–Kier alpha value is -5.03. The van der Waals surface area contributed by atoms with E-state index in [4.69, 9.17) is 12.3 Å². The Bertz CT molecular complexity index is 1750. The van der Waals surface area contributed by atoms with E-state index in [1.54, 1.807) is 10.8 Å². The molecule has 0 spiro atoms. The Labute approximate surface area is 214 Å². The first kappa shape index (κ1) is 23.7. The summed E-state index contributed by atoms with van der Waals surface area (Å²) in [7, 11) is 0. The summed E-state index contributed by atoms with van der Waals surface area (Å²) in [6.07, 6.45) is 3.15. The predicted molar refractivity (Wildman–Crippen MR) is 147 cm³/mol. The third-order valence-corrected chi connectivity index (χ3v) is 6.25. The number of fused-ring (bicyclic) bond motifs is 1. The Kier molecular flexibility index (Phi) is 6.12. The number of rotatable bonds is 5. The molecule has 182 valence electrons. The molecule has 0 aliphatic rings. The Morgan fingerprint density at radius 3 is 2.62 bits per heavy atom. The maximum atomic E-state index is 14.3. The number of pyridine rings is 2. The number of aryl methyl sites for hydroxylation is 2. The summed E-state index contributed by atoms with van der Waals surface area (Å²) < 4.78 is 1.73. The molecule has 0 bridgehead atoms. The normalized spacial score (nSPS) is 11.7. The minimum Gasteiger partial charge on any atom is -0.371 e. The molecule has 1 atom stereocenters. The molecule has 8 heteroatoms. The molecular formula is C29H25N7O. The molecule has 37 heavy (non-hydrogen) atoms. The van der Waals surface area contributed by atoms with E-state index in [-0.39, 0.29) is 23.2 Å². The molecule has 0 aliphatic heterocycles. The van der Waals surface area contributed by atoms with E-state index < -0.39 is 0 Å². The number of nitrogen functional groups attached to an aromatic ring is 1. The van der Waals surface area contributed by atoms with Gasteiger partial charge in [0.2, 0.25) is 11.6 Å². The number of benzene rings is 2. The van der Waals surface area contributed by atoms with Crippen LogP contribution >= 0.6 is 0 Å². The average Bonchev–Trinajstić information content (AvgIpc) is 2.88. The predicted octanol–water partition coefficient (Wildman–Crippen LogP) is 5.77. The van der Waals surface area contributed by atoms with Gasteiger partial charge < -0.3 is 11.1 Å². The summed E-state index contributed by atoms with van der Waals surface area (Å²) in [6, 6.07) is 19.2. The van der Waals surface area contributed by atoms with Crippen LogP contribution in [-0.4, -0.2) is 19.5 Å². The van der Waals surface area contributed by atoms with E-state index in [1.807, 2.05) is 81.4 Å². The highest BCUT2D eigenvalue weighted by molar-refractivity contribution is 5.96. The zero-order valence-electron chi connectivity index (χ0n) is 20.7. The van der Waals surface area contributed by atoms with Crippen LogP contribution in [0.2, 0.25) is 0 Å². The number of nitrogens with one attached hydrogen (secondary N) is 1. The molecule has 0 saturated heterocycles. The van der Waals surface area contributed by atoms with Crippen molar-refractivity contribution in [2.24, 2.45) is 0 Å². The van der Waals surface area contributed by atoms with Gasteiger partial charge in [-0.3, -0.25) is 14.3 Å². The summed E-state index contributed by atoms with van der Waals surface area (Å²) in [5, 5.41) is 4.72. The third-order valence-electron chi connectivity index (χ3n) is 6.25. The minimum atomic E-state index is -0.390. The highest BCUT2D eigenvalue weighted by Crippen LogP contribution is 2.32. The molecule has 0 fully saturated rings. The SMILES string of the molecule is [C-]#[N+]c1cnc(N)nc1N[C@@H](C)c1cc2cccc(-c3ccnc(C)c3)c2c(=O)n1-c1cccc(C)c1. The molecule has 5 rings (SSSR count). The molecule has 8 nitrogen and oxygen atoms in total. The lowest BCUT2D eigenvalue weighted by molar-refractivity contribution is 0.773. The second kappa shape index (κ2) is 9.55. The van der Waals surface area contributed by atoms with E-state index in [0.29, 0.717) is 11.2 Å². The van der Waals surface area contributed by atoms with E-state index in [9.17, 15) is 4.79 Å². The van der Waals surface area contributed by atoms with Crippen LogP contribution in [0, 0.1) is 20.4 Å². The summed E-state index contributed by atoms with van der Waals surface area (Å²) in [6.45, 7) is 13.3. The fourth-order valence-electron chi connectivity index (χ4n) is 4.54. The fraction of sp³-hybridized carbons (Fsp3) is 0.138. The molecule has 5 aromatic rings. The van der Waals surface area contributed by atoms with Crippen molar-refractivity contribution < 1.29 is 0 Å². The van der Waals surface area contributed by atoms with Crippen molar-refractivity contribution in [1.29, 1.82) is 0 Å². The van der Waals surface area contributed by atoms with Crippen molar-refractivity contribution in [2.45, 2.75) is 26.8 Å². The van der Waals surface area contributed by atoms with Gasteiger partial charge in [-0.2, -0.15) is 0 Å². The van der Waals surface area contributed by atoms with Crippen molar-refractivity contribution in [1.82, 2.24) is 19.5 Å². The second-order valence-electron chi connectivity index (χ2n) is 8.94. The standard InChI is InChI=1S/C29H25N7O/c1-17-7-5-9-22(13-17)36-25(19(3)34-27-24(31-4)16-33-29(30)35-27)15-21-8-6-10-23(26(21)28(36)37)20-11-12-32-18(2)14-20/h5-16,19H,1-3H3,(H3,30,33,34,35)/t19-/m0/s1. The second-order valence-corrected chi connectivity index (χ2v) is 8.94. The van der Waals surface area contributed by atoms with Crippen LogP contribution < -0.4 is 16.6 Å². The molecule has 2 aromatic carbocycles. The number of hydrogen-bond acceptors (Lipinski definition) is 6. The van der Waals surface area contributed by atoms with Crippen molar-refractivity contribution in [3.05, 3.63) is 112 Å². The van der Waals surface area contributed by atoms with Gasteiger partial charge in [-0.25, -0.2) is 14.8 Å². The number of hydrogen-bond donors (Lipinski definition) is 2. The molecular weight excluding hydrogens is 462 g/mol. The van der Waals surface area contributed by atoms with E-state index >= 15 is 0 Å². The van der Waals surface area contributed by atoms with Crippen LogP contribution in [0.5, 0.6) is 0 Å². The van der Waals surface area contributed by atoms with Gasteiger partial charge in [-0.15, -0.1) is 0 Å². The van der Waals surface area contributed by atoms with Crippen molar-refractivity contribution in [2.75, 3.05) is 11.1 Å². The van der Waals surface area contributed by atoms with Gasteiger partial charge in [0.05, 0.1) is 18.0 Å². The molecule has 3 aromatic heterocycles. The van der Waals surface area contributed by atoms with Gasteiger partial charge in [0.15, 0.2) is 0 Å². The van der Waals surface area contributed by atoms with Crippen LogP contribution in [-0.2, 0) is 0 Å². The zero-order chi connectivity index (χ0) is 26.1. The third kappa shape index (κ3) is 4.50. The summed E-state index contributed by atoms with van der Waals surface area (Å²) >= 11 is 0. The lowest BCUT2D eigenvalue weighted by atomic mass is 9.98. The lowest BCUT2D eigenvalue weighted by Gasteiger charge is -2.22. The van der Waals surface area contributed by atoms with E-state index in [0.717, 1.165) is 39.2 Å². The summed E-state index contributed by atoms with van der Waals surface area (Å²) in [5.41, 5.74) is 11.1. The molecule has 0 aliphatic carbocycles. The largest absolute Gasteiger partial charge is 0.371 e. The zero-order valence-corrected chi connectivity index (χ0v) is 20.7. The molecule has 3 heterocycles. The van der Waals surface area contributed by atoms with Gasteiger partial charge >= 0.3 is 0 Å². The Morgan fingerprint density at radius 2 is 1.86 bits per heavy atom. The van der Waals surface area contributed by atoms with Crippen LogP contribution in [0.1, 0.15) is 29.9 Å². The van der Waals surface area contributed by atoms with Crippen molar-refractivity contribution >= 4 is 28.2 Å². The van der Waals surface area contributed by atoms with E-state index in [2.05, 4.69) is 25.1 Å². The summed E-state index contributed by atoms with van der Waals surface area (Å²) in [5.74, 6) is 0.383. The van der Waals surface area contributed by atoms with Gasteiger partial charge in [-0.1, -0.05) is 30.3 Å². The van der Waals surface area contributed by atoms with Crippen LogP contribution in [0.25, 0.3) is 32.4 Å². The van der Waals surface area contributed by atoms with Crippen molar-refractivity contribution in [3.8, 4) is 16.8 Å². The molecule has 0 unspecified atom stereocenters. The Balaban J connectivity index is 1.77. The van der Waals surface area contributed by atoms with Crippen LogP contribution in [0.3, 0.4) is 0 Å². The smallest absolute Gasteiger partial charge is 0.263 e. The summed E-state index contributed by atoms with van der Waals surface area (Å²) in [4.78, 5) is 30.3. The maximum absolute atomic E-state index is 14.3. The van der Waals surface area contributed by atoms with E-state index in [1.165, 1.54) is 6.20 Å². The van der Waals surface area contributed by atoms with Crippen molar-refractivity contribution in [3.63, 3.8) is 0 Å². The van der Waals surface area contributed by atoms with Gasteiger partial charge in [0.25, 0.3) is 5.56 Å².